The van der Waals surface area contributed by atoms with E-state index in [9.17, 15) is 0 Å². The van der Waals surface area contributed by atoms with Crippen LogP contribution in [0, 0.1) is 0 Å². The highest BCUT2D eigenvalue weighted by Gasteiger charge is 2.43. The molecule has 0 bridgehead atoms. The Morgan fingerprint density at radius 3 is 3.14 bits per heavy atom. The number of fused-ring (bicyclic) bond motifs is 2. The molecular formula is C16H19N3OS. The molecule has 5 heteroatoms. The van der Waals surface area contributed by atoms with Crippen LogP contribution in [0.1, 0.15) is 30.3 Å². The zero-order valence-electron chi connectivity index (χ0n) is 12.2. The van der Waals surface area contributed by atoms with Crippen molar-refractivity contribution in [1.82, 2.24) is 9.36 Å². The van der Waals surface area contributed by atoms with Crippen LogP contribution in [-0.4, -0.2) is 29.1 Å². The fourth-order valence-corrected chi connectivity index (χ4v) is 4.21. The first kappa shape index (κ1) is 13.2. The first-order valence-electron chi connectivity index (χ1n) is 7.61. The lowest BCUT2D eigenvalue weighted by Gasteiger charge is -2.41. The average Bonchev–Trinajstić information content (AvgIpc) is 3.14. The molecule has 1 unspecified atom stereocenters. The van der Waals surface area contributed by atoms with Gasteiger partial charge in [-0.3, -0.25) is 0 Å². The minimum Gasteiger partial charge on any atom is -0.367 e. The molecule has 0 N–H and O–H groups in total. The van der Waals surface area contributed by atoms with Gasteiger partial charge in [-0.25, -0.2) is 4.98 Å². The first-order valence-corrected chi connectivity index (χ1v) is 8.38. The summed E-state index contributed by atoms with van der Waals surface area (Å²) in [6.45, 7) is 4.65. The van der Waals surface area contributed by atoms with Crippen molar-refractivity contribution in [3.63, 3.8) is 0 Å². The fourth-order valence-electron chi connectivity index (χ4n) is 3.43. The number of ether oxygens (including phenoxy) is 1. The fraction of sp³-hybridized carbons (Fsp3) is 0.500. The molecule has 2 heterocycles. The molecule has 110 valence electrons. The highest BCUT2D eigenvalue weighted by molar-refractivity contribution is 7.09. The van der Waals surface area contributed by atoms with E-state index in [4.69, 9.17) is 4.74 Å². The second kappa shape index (κ2) is 5.07. The minimum absolute atomic E-state index is 0.146. The van der Waals surface area contributed by atoms with E-state index in [0.717, 1.165) is 49.9 Å². The van der Waals surface area contributed by atoms with E-state index >= 15 is 0 Å². The molecule has 1 spiro atoms. The van der Waals surface area contributed by atoms with Gasteiger partial charge >= 0.3 is 0 Å². The molecule has 1 saturated heterocycles. The normalized spacial score (nSPS) is 24.5. The van der Waals surface area contributed by atoms with Crippen molar-refractivity contribution >= 4 is 16.7 Å². The van der Waals surface area contributed by atoms with Gasteiger partial charge < -0.3 is 9.64 Å². The van der Waals surface area contributed by atoms with Crippen LogP contribution in [0.25, 0.3) is 0 Å². The Labute approximate surface area is 128 Å². The predicted octanol–water partition coefficient (Wildman–Crippen LogP) is 2.78. The molecule has 1 aliphatic heterocycles. The summed E-state index contributed by atoms with van der Waals surface area (Å²) in [5.74, 6) is 0.947. The van der Waals surface area contributed by atoms with E-state index in [1.165, 1.54) is 22.7 Å². The molecule has 2 aliphatic rings. The van der Waals surface area contributed by atoms with Crippen LogP contribution in [0.4, 0.5) is 5.13 Å². The van der Waals surface area contributed by atoms with Gasteiger partial charge in [0.1, 0.15) is 11.4 Å². The third-order valence-electron chi connectivity index (χ3n) is 4.54. The molecule has 0 radical (unpaired) electrons. The third kappa shape index (κ3) is 2.15. The van der Waals surface area contributed by atoms with Crippen LogP contribution in [0.2, 0.25) is 0 Å². The summed E-state index contributed by atoms with van der Waals surface area (Å²) in [7, 11) is 0. The van der Waals surface area contributed by atoms with E-state index in [1.54, 1.807) is 0 Å². The molecule has 2 aromatic rings. The zero-order chi connectivity index (χ0) is 14.3. The van der Waals surface area contributed by atoms with Crippen molar-refractivity contribution in [2.75, 3.05) is 24.6 Å². The number of morpholine rings is 1. The molecule has 1 aliphatic carbocycles. The summed E-state index contributed by atoms with van der Waals surface area (Å²) >= 11 is 1.51. The van der Waals surface area contributed by atoms with E-state index in [-0.39, 0.29) is 5.60 Å². The average molecular weight is 301 g/mol. The second-order valence-corrected chi connectivity index (χ2v) is 6.50. The van der Waals surface area contributed by atoms with Gasteiger partial charge in [0.05, 0.1) is 13.2 Å². The molecule has 4 nitrogen and oxygen atoms in total. The van der Waals surface area contributed by atoms with Crippen LogP contribution in [0.5, 0.6) is 0 Å². The van der Waals surface area contributed by atoms with Crippen LogP contribution >= 0.6 is 11.5 Å². The van der Waals surface area contributed by atoms with E-state index in [0.29, 0.717) is 0 Å². The first-order chi connectivity index (χ1) is 10.3. The van der Waals surface area contributed by atoms with Gasteiger partial charge in [0.2, 0.25) is 5.13 Å². The maximum absolute atomic E-state index is 6.25. The van der Waals surface area contributed by atoms with Crippen LogP contribution in [0.15, 0.2) is 24.3 Å². The quantitative estimate of drug-likeness (QED) is 0.855. The van der Waals surface area contributed by atoms with Crippen molar-refractivity contribution < 1.29 is 4.74 Å². The molecule has 0 amide bonds. The molecule has 0 saturated carbocycles. The molecule has 1 atom stereocenters. The number of aryl methyl sites for hydroxylation is 2. The van der Waals surface area contributed by atoms with Crippen LogP contribution in [-0.2, 0) is 23.2 Å². The summed E-state index contributed by atoms with van der Waals surface area (Å²) in [4.78, 5) is 6.99. The minimum atomic E-state index is -0.146. The summed E-state index contributed by atoms with van der Waals surface area (Å²) in [6, 6.07) is 8.70. The Bertz CT molecular complexity index is 652. The smallest absolute Gasteiger partial charge is 0.205 e. The van der Waals surface area contributed by atoms with Crippen molar-refractivity contribution in [1.29, 1.82) is 0 Å². The highest BCUT2D eigenvalue weighted by atomic mass is 32.1. The number of anilines is 1. The summed E-state index contributed by atoms with van der Waals surface area (Å²) in [6.07, 6.45) is 3.08. The Balaban J connectivity index is 1.64. The van der Waals surface area contributed by atoms with Crippen molar-refractivity contribution in [3.8, 4) is 0 Å². The molecule has 1 aromatic carbocycles. The predicted molar refractivity (Wildman–Crippen MR) is 83.9 cm³/mol. The lowest BCUT2D eigenvalue weighted by atomic mass is 9.94. The lowest BCUT2D eigenvalue weighted by Crippen LogP contribution is -2.49. The Morgan fingerprint density at radius 2 is 2.29 bits per heavy atom. The zero-order valence-corrected chi connectivity index (χ0v) is 13.0. The van der Waals surface area contributed by atoms with Gasteiger partial charge in [-0.2, -0.15) is 4.37 Å². The Hall–Kier alpha value is -1.46. The maximum Gasteiger partial charge on any atom is 0.205 e. The Kier molecular flexibility index (Phi) is 3.19. The maximum atomic E-state index is 6.25. The van der Waals surface area contributed by atoms with E-state index in [1.807, 2.05) is 0 Å². The summed E-state index contributed by atoms with van der Waals surface area (Å²) in [5, 5.41) is 1.04. The molecular weight excluding hydrogens is 282 g/mol. The molecule has 4 rings (SSSR count). The van der Waals surface area contributed by atoms with Crippen molar-refractivity contribution in [2.24, 2.45) is 0 Å². The number of hydrogen-bond acceptors (Lipinski definition) is 5. The number of benzene rings is 1. The van der Waals surface area contributed by atoms with E-state index in [2.05, 4.69) is 45.4 Å². The van der Waals surface area contributed by atoms with Crippen LogP contribution < -0.4 is 4.90 Å². The topological polar surface area (TPSA) is 38.2 Å². The van der Waals surface area contributed by atoms with E-state index < -0.39 is 0 Å². The second-order valence-electron chi connectivity index (χ2n) is 5.77. The third-order valence-corrected chi connectivity index (χ3v) is 5.35. The summed E-state index contributed by atoms with van der Waals surface area (Å²) in [5.41, 5.74) is 2.66. The van der Waals surface area contributed by atoms with Gasteiger partial charge in [-0.15, -0.1) is 0 Å². The van der Waals surface area contributed by atoms with Gasteiger partial charge in [0.25, 0.3) is 0 Å². The monoisotopic (exact) mass is 301 g/mol. The molecule has 1 aromatic heterocycles. The Morgan fingerprint density at radius 1 is 1.38 bits per heavy atom. The van der Waals surface area contributed by atoms with Crippen molar-refractivity contribution in [3.05, 3.63) is 41.2 Å². The van der Waals surface area contributed by atoms with Crippen molar-refractivity contribution in [2.45, 2.75) is 31.8 Å². The van der Waals surface area contributed by atoms with Gasteiger partial charge in [-0.1, -0.05) is 31.2 Å². The van der Waals surface area contributed by atoms with Gasteiger partial charge in [0, 0.05) is 24.5 Å². The number of aromatic nitrogens is 2. The molecule has 1 fully saturated rings. The standard InChI is InChI=1S/C16H19N3OS/c1-2-14-17-15(21-18-14)19-9-10-20-16(11-19)8-7-12-5-3-4-6-13(12)16/h3-6H,2,7-11H2,1H3. The highest BCUT2D eigenvalue weighted by Crippen LogP contribution is 2.43. The number of hydrogen-bond donors (Lipinski definition) is 0. The largest absolute Gasteiger partial charge is 0.367 e. The number of rotatable bonds is 2. The number of nitrogens with zero attached hydrogens (tertiary/aromatic N) is 3. The van der Waals surface area contributed by atoms with Gasteiger partial charge in [0.15, 0.2) is 0 Å². The van der Waals surface area contributed by atoms with Crippen LogP contribution in [0.3, 0.4) is 0 Å². The lowest BCUT2D eigenvalue weighted by molar-refractivity contribution is -0.0592. The SMILES string of the molecule is CCc1nsc(N2CCOC3(CCc4ccccc43)C2)n1. The molecule has 21 heavy (non-hydrogen) atoms. The summed E-state index contributed by atoms with van der Waals surface area (Å²) < 4.78 is 10.7. The van der Waals surface area contributed by atoms with Gasteiger partial charge in [-0.05, 0) is 24.0 Å².